The first-order chi connectivity index (χ1) is 12.8. The minimum atomic E-state index is -0.0671. The van der Waals surface area contributed by atoms with Crippen LogP contribution in [0, 0.1) is 18.8 Å². The predicted octanol–water partition coefficient (Wildman–Crippen LogP) is 6.07. The molecule has 1 amide bonds. The molecular weight excluding hydrogens is 332 g/mol. The van der Waals surface area contributed by atoms with Crippen LogP contribution in [-0.4, -0.2) is 17.7 Å². The van der Waals surface area contributed by atoms with Crippen LogP contribution in [0.1, 0.15) is 78.4 Å². The maximum atomic E-state index is 12.9. The monoisotopic (exact) mass is 370 g/mol. The van der Waals surface area contributed by atoms with Crippen LogP contribution in [0.15, 0.2) is 41.0 Å². The number of allylic oxidation sites excluding steroid dienone is 1. The van der Waals surface area contributed by atoms with Gasteiger partial charge in [0.1, 0.15) is 5.70 Å². The number of nitrogens with zero attached hydrogens (tertiary/aromatic N) is 1. The number of hydrogen-bond acceptors (Lipinski definition) is 2. The van der Waals surface area contributed by atoms with Crippen molar-refractivity contribution in [2.45, 2.75) is 80.2 Å². The van der Waals surface area contributed by atoms with E-state index in [9.17, 15) is 4.79 Å². The summed E-state index contributed by atoms with van der Waals surface area (Å²) in [5.74, 6) is 0.868. The highest BCUT2D eigenvalue weighted by Gasteiger charge is 2.18. The van der Waals surface area contributed by atoms with Gasteiger partial charge in [-0.15, -0.1) is 0 Å². The molecule has 2 atom stereocenters. The lowest BCUT2D eigenvalue weighted by Crippen LogP contribution is -2.35. The number of benzene rings is 1. The number of aliphatic imine (C=N–C) groups is 1. The summed E-state index contributed by atoms with van der Waals surface area (Å²) < 4.78 is 0. The van der Waals surface area contributed by atoms with Crippen molar-refractivity contribution in [3.8, 4) is 0 Å². The third kappa shape index (κ3) is 7.32. The first kappa shape index (κ1) is 23.1. The van der Waals surface area contributed by atoms with Crippen molar-refractivity contribution >= 4 is 11.6 Å². The summed E-state index contributed by atoms with van der Waals surface area (Å²) in [6.07, 6.45) is 5.88. The average Bonchev–Trinajstić information content (AvgIpc) is 2.66. The highest BCUT2D eigenvalue weighted by molar-refractivity contribution is 6.06. The zero-order chi connectivity index (χ0) is 20.4. The zero-order valence-corrected chi connectivity index (χ0v) is 18.3. The molecule has 1 N–H and O–H groups in total. The molecule has 0 heterocycles. The van der Waals surface area contributed by atoms with Gasteiger partial charge in [0.05, 0.1) is 5.71 Å². The summed E-state index contributed by atoms with van der Waals surface area (Å²) in [5.41, 5.74) is 3.83. The van der Waals surface area contributed by atoms with Gasteiger partial charge in [0.2, 0.25) is 0 Å². The molecule has 0 spiro atoms. The normalized spacial score (nSPS) is 15.0. The summed E-state index contributed by atoms with van der Waals surface area (Å²) in [6.45, 7) is 14.9. The molecule has 0 fully saturated rings. The Morgan fingerprint density at radius 1 is 1.11 bits per heavy atom. The second-order valence-corrected chi connectivity index (χ2v) is 7.85. The van der Waals surface area contributed by atoms with Gasteiger partial charge in [0.25, 0.3) is 5.91 Å². The van der Waals surface area contributed by atoms with Crippen LogP contribution in [0.4, 0.5) is 0 Å². The van der Waals surface area contributed by atoms with Crippen molar-refractivity contribution in [3.05, 3.63) is 47.2 Å². The molecule has 150 valence electrons. The van der Waals surface area contributed by atoms with Crippen LogP contribution in [0.3, 0.4) is 0 Å². The molecule has 3 heteroatoms. The Morgan fingerprint density at radius 2 is 1.78 bits per heavy atom. The standard InChI is InChI=1S/C24H38N2O/c1-8-18(6)23(21-14-12-11-13-19(21)7)26-22(10-3)24(27)25-20(9-2)16-15-17(4)5/h10-14,17-18,20H,8-9,15-16H2,1-7H3,(H,25,27)/b22-10-,26-23+. The zero-order valence-electron chi connectivity index (χ0n) is 18.3. The molecule has 0 aliphatic rings. The Kier molecular flexibility index (Phi) is 10.1. The minimum Gasteiger partial charge on any atom is -0.348 e. The van der Waals surface area contributed by atoms with Crippen LogP contribution >= 0.6 is 0 Å². The molecule has 0 aromatic heterocycles. The van der Waals surface area contributed by atoms with Gasteiger partial charge in [0, 0.05) is 6.04 Å². The molecule has 1 aromatic carbocycles. The number of aryl methyl sites for hydroxylation is 1. The maximum absolute atomic E-state index is 12.9. The van der Waals surface area contributed by atoms with Crippen LogP contribution < -0.4 is 5.32 Å². The lowest BCUT2D eigenvalue weighted by Gasteiger charge is -2.20. The molecule has 0 saturated carbocycles. The van der Waals surface area contributed by atoms with E-state index >= 15 is 0 Å². The second-order valence-electron chi connectivity index (χ2n) is 7.85. The third-order valence-electron chi connectivity index (χ3n) is 5.17. The SMILES string of the molecule is C/C=C(\N=C(\c1ccccc1C)C(C)CC)C(=O)NC(CC)CCC(C)C. The summed E-state index contributed by atoms with van der Waals surface area (Å²) in [4.78, 5) is 17.7. The first-order valence-electron chi connectivity index (χ1n) is 10.5. The lowest BCUT2D eigenvalue weighted by molar-refractivity contribution is -0.118. The number of carbonyl (C=O) groups is 1. The highest BCUT2D eigenvalue weighted by Crippen LogP contribution is 2.19. The van der Waals surface area contributed by atoms with E-state index in [-0.39, 0.29) is 17.9 Å². The molecule has 0 radical (unpaired) electrons. The predicted molar refractivity (Wildman–Crippen MR) is 117 cm³/mol. The fourth-order valence-corrected chi connectivity index (χ4v) is 3.04. The van der Waals surface area contributed by atoms with Crippen LogP contribution in [-0.2, 0) is 4.79 Å². The number of hydrogen-bond donors (Lipinski definition) is 1. The van der Waals surface area contributed by atoms with Crippen LogP contribution in [0.5, 0.6) is 0 Å². The van der Waals surface area contributed by atoms with Gasteiger partial charge in [-0.3, -0.25) is 4.79 Å². The fourth-order valence-electron chi connectivity index (χ4n) is 3.04. The Labute approximate surface area is 166 Å². The van der Waals surface area contributed by atoms with Gasteiger partial charge < -0.3 is 5.32 Å². The largest absolute Gasteiger partial charge is 0.348 e. The van der Waals surface area contributed by atoms with Crippen molar-refractivity contribution in [1.82, 2.24) is 5.32 Å². The number of amides is 1. The maximum Gasteiger partial charge on any atom is 0.269 e. The summed E-state index contributed by atoms with van der Waals surface area (Å²) in [7, 11) is 0. The van der Waals surface area contributed by atoms with Gasteiger partial charge in [-0.2, -0.15) is 0 Å². The topological polar surface area (TPSA) is 41.5 Å². The Hall–Kier alpha value is -1.90. The fraction of sp³-hybridized carbons (Fsp3) is 0.583. The molecule has 0 aliphatic carbocycles. The van der Waals surface area contributed by atoms with E-state index < -0.39 is 0 Å². The van der Waals surface area contributed by atoms with Crippen molar-refractivity contribution in [2.75, 3.05) is 0 Å². The van der Waals surface area contributed by atoms with Crippen molar-refractivity contribution in [2.24, 2.45) is 16.8 Å². The summed E-state index contributed by atoms with van der Waals surface area (Å²) >= 11 is 0. The number of carbonyl (C=O) groups excluding carboxylic acids is 1. The molecule has 0 bridgehead atoms. The van der Waals surface area contributed by atoms with E-state index in [0.29, 0.717) is 11.6 Å². The van der Waals surface area contributed by atoms with Crippen LogP contribution in [0.2, 0.25) is 0 Å². The molecular formula is C24H38N2O. The van der Waals surface area contributed by atoms with E-state index in [0.717, 1.165) is 37.0 Å². The Bertz CT molecular complexity index is 658. The van der Waals surface area contributed by atoms with Crippen molar-refractivity contribution in [3.63, 3.8) is 0 Å². The highest BCUT2D eigenvalue weighted by atomic mass is 16.2. The quantitative estimate of drug-likeness (QED) is 0.394. The van der Waals surface area contributed by atoms with Gasteiger partial charge in [-0.05, 0) is 62.5 Å². The summed E-state index contributed by atoms with van der Waals surface area (Å²) in [5, 5.41) is 3.19. The van der Waals surface area contributed by atoms with Crippen molar-refractivity contribution < 1.29 is 4.79 Å². The van der Waals surface area contributed by atoms with E-state index in [1.165, 1.54) is 5.56 Å². The first-order valence-corrected chi connectivity index (χ1v) is 10.5. The molecule has 0 saturated heterocycles. The minimum absolute atomic E-state index is 0.0671. The van der Waals surface area contributed by atoms with Crippen molar-refractivity contribution in [1.29, 1.82) is 0 Å². The van der Waals surface area contributed by atoms with Gasteiger partial charge in [0.15, 0.2) is 0 Å². The second kappa shape index (κ2) is 11.7. The number of rotatable bonds is 10. The molecule has 27 heavy (non-hydrogen) atoms. The van der Waals surface area contributed by atoms with E-state index in [1.807, 2.05) is 25.1 Å². The Morgan fingerprint density at radius 3 is 2.30 bits per heavy atom. The Balaban J connectivity index is 3.09. The van der Waals surface area contributed by atoms with E-state index in [1.54, 1.807) is 0 Å². The molecule has 1 rings (SSSR count). The number of nitrogens with one attached hydrogen (secondary N) is 1. The molecule has 0 aliphatic heterocycles. The van der Waals surface area contributed by atoms with Gasteiger partial charge in [-0.1, -0.05) is 65.0 Å². The summed E-state index contributed by atoms with van der Waals surface area (Å²) in [6, 6.07) is 8.48. The van der Waals surface area contributed by atoms with E-state index in [4.69, 9.17) is 4.99 Å². The molecule has 1 aromatic rings. The van der Waals surface area contributed by atoms with E-state index in [2.05, 4.69) is 59.0 Å². The average molecular weight is 371 g/mol. The van der Waals surface area contributed by atoms with Crippen LogP contribution in [0.25, 0.3) is 0 Å². The smallest absolute Gasteiger partial charge is 0.269 e. The molecule has 2 unspecified atom stereocenters. The molecule has 3 nitrogen and oxygen atoms in total. The lowest BCUT2D eigenvalue weighted by atomic mass is 9.93. The van der Waals surface area contributed by atoms with Gasteiger partial charge in [-0.25, -0.2) is 4.99 Å². The third-order valence-corrected chi connectivity index (χ3v) is 5.17. The van der Waals surface area contributed by atoms with Gasteiger partial charge >= 0.3 is 0 Å².